The van der Waals surface area contributed by atoms with E-state index >= 15 is 0 Å². The van der Waals surface area contributed by atoms with Gasteiger partial charge in [-0.2, -0.15) is 0 Å². The second kappa shape index (κ2) is 5.07. The quantitative estimate of drug-likeness (QED) is 0.537. The molecule has 0 N–H and O–H groups in total. The van der Waals surface area contributed by atoms with E-state index in [-0.39, 0.29) is 17.2 Å². The van der Waals surface area contributed by atoms with Gasteiger partial charge in [0.05, 0.1) is 16.0 Å². The Hall–Kier alpha value is -3.02. The molecule has 3 aromatic rings. The molecule has 0 atom stereocenters. The number of hydrogen-bond acceptors (Lipinski definition) is 4. The number of nitrogens with zero attached hydrogens (tertiary/aromatic N) is 3. The molecule has 6 nitrogen and oxygen atoms in total. The van der Waals surface area contributed by atoms with Crippen LogP contribution in [-0.2, 0) is 0 Å². The number of imidazole rings is 1. The predicted molar refractivity (Wildman–Crippen MR) is 82.0 cm³/mol. The summed E-state index contributed by atoms with van der Waals surface area (Å²) in [5.41, 5.74) is 3.72. The standard InChI is InChI=1S/C16H13N3O3/c1-10-6-14-15(7-11(10)2)18(9-17-14)16(20)12-4-3-5-13(8-12)19(21)22/h3-9H,1-2H3. The Morgan fingerprint density at radius 1 is 1.18 bits per heavy atom. The Labute approximate surface area is 126 Å². The van der Waals surface area contributed by atoms with Crippen LogP contribution < -0.4 is 0 Å². The third-order valence-corrected chi connectivity index (χ3v) is 3.69. The first-order chi connectivity index (χ1) is 10.5. The molecule has 6 heteroatoms. The van der Waals surface area contributed by atoms with Crippen LogP contribution in [0.15, 0.2) is 42.7 Å². The molecule has 0 saturated carbocycles. The number of carbonyl (C=O) groups is 1. The van der Waals surface area contributed by atoms with Crippen molar-refractivity contribution in [2.24, 2.45) is 0 Å². The largest absolute Gasteiger partial charge is 0.270 e. The van der Waals surface area contributed by atoms with E-state index in [0.717, 1.165) is 16.6 Å². The molecule has 0 aliphatic heterocycles. The summed E-state index contributed by atoms with van der Waals surface area (Å²) in [5, 5.41) is 10.8. The van der Waals surface area contributed by atoms with Crippen molar-refractivity contribution in [2.75, 3.05) is 0 Å². The summed E-state index contributed by atoms with van der Waals surface area (Å²) in [4.78, 5) is 27.1. The molecule has 0 bridgehead atoms. The number of carbonyl (C=O) groups excluding carboxylic acids is 1. The molecule has 3 rings (SSSR count). The van der Waals surface area contributed by atoms with E-state index in [1.54, 1.807) is 6.07 Å². The topological polar surface area (TPSA) is 78.0 Å². The number of fused-ring (bicyclic) bond motifs is 1. The summed E-state index contributed by atoms with van der Waals surface area (Å²) < 4.78 is 1.42. The van der Waals surface area contributed by atoms with Crippen molar-refractivity contribution in [2.45, 2.75) is 13.8 Å². The zero-order chi connectivity index (χ0) is 15.9. The number of nitro groups is 1. The van der Waals surface area contributed by atoms with E-state index in [0.29, 0.717) is 5.52 Å². The van der Waals surface area contributed by atoms with Crippen molar-refractivity contribution in [3.63, 3.8) is 0 Å². The van der Waals surface area contributed by atoms with Crippen LogP contribution in [0.3, 0.4) is 0 Å². The molecule has 0 saturated heterocycles. The molecular formula is C16H13N3O3. The number of rotatable bonds is 2. The lowest BCUT2D eigenvalue weighted by Crippen LogP contribution is -2.11. The molecule has 2 aromatic carbocycles. The van der Waals surface area contributed by atoms with E-state index in [1.807, 2.05) is 26.0 Å². The van der Waals surface area contributed by atoms with E-state index in [2.05, 4.69) is 4.98 Å². The Morgan fingerprint density at radius 3 is 2.64 bits per heavy atom. The first-order valence-corrected chi connectivity index (χ1v) is 6.71. The number of nitro benzene ring substituents is 1. The van der Waals surface area contributed by atoms with Crippen molar-refractivity contribution in [3.8, 4) is 0 Å². The number of non-ortho nitro benzene ring substituents is 1. The minimum absolute atomic E-state index is 0.109. The minimum atomic E-state index is -0.518. The fourth-order valence-corrected chi connectivity index (χ4v) is 2.32. The van der Waals surface area contributed by atoms with Gasteiger partial charge in [-0.15, -0.1) is 0 Å². The first-order valence-electron chi connectivity index (χ1n) is 6.71. The van der Waals surface area contributed by atoms with Gasteiger partial charge in [0.1, 0.15) is 6.33 Å². The lowest BCUT2D eigenvalue weighted by molar-refractivity contribution is -0.384. The van der Waals surface area contributed by atoms with Crippen LogP contribution >= 0.6 is 0 Å². The molecule has 1 aromatic heterocycles. The molecule has 0 spiro atoms. The maximum Gasteiger partial charge on any atom is 0.270 e. The molecule has 1 heterocycles. The molecule has 0 aliphatic rings. The predicted octanol–water partition coefficient (Wildman–Crippen LogP) is 3.25. The van der Waals surface area contributed by atoms with Crippen molar-refractivity contribution in [1.82, 2.24) is 9.55 Å². The van der Waals surface area contributed by atoms with Gasteiger partial charge in [-0.1, -0.05) is 6.07 Å². The monoisotopic (exact) mass is 295 g/mol. The van der Waals surface area contributed by atoms with Gasteiger partial charge in [0.15, 0.2) is 0 Å². The summed E-state index contributed by atoms with van der Waals surface area (Å²) in [7, 11) is 0. The third kappa shape index (κ3) is 2.24. The van der Waals surface area contributed by atoms with Crippen LogP contribution in [0, 0.1) is 24.0 Å². The van der Waals surface area contributed by atoms with Crippen LogP contribution in [0.4, 0.5) is 5.69 Å². The van der Waals surface area contributed by atoms with Gasteiger partial charge in [-0.25, -0.2) is 4.98 Å². The number of hydrogen-bond donors (Lipinski definition) is 0. The van der Waals surface area contributed by atoms with Gasteiger partial charge < -0.3 is 0 Å². The average molecular weight is 295 g/mol. The van der Waals surface area contributed by atoms with Crippen LogP contribution in [0.2, 0.25) is 0 Å². The van der Waals surface area contributed by atoms with Gasteiger partial charge in [0.2, 0.25) is 0 Å². The smallest absolute Gasteiger partial charge is 0.268 e. The molecule has 110 valence electrons. The number of aryl methyl sites for hydroxylation is 2. The highest BCUT2D eigenvalue weighted by molar-refractivity contribution is 6.01. The second-order valence-corrected chi connectivity index (χ2v) is 5.15. The summed E-state index contributed by atoms with van der Waals surface area (Å²) >= 11 is 0. The highest BCUT2D eigenvalue weighted by Crippen LogP contribution is 2.20. The van der Waals surface area contributed by atoms with E-state index < -0.39 is 4.92 Å². The SMILES string of the molecule is Cc1cc2ncn(C(=O)c3cccc([N+](=O)[O-])c3)c2cc1C. The number of aromatic nitrogens is 2. The summed E-state index contributed by atoms with van der Waals surface area (Å²) in [6.45, 7) is 3.94. The van der Waals surface area contributed by atoms with Gasteiger partial charge in [0.25, 0.3) is 11.6 Å². The molecular weight excluding hydrogens is 282 g/mol. The van der Waals surface area contributed by atoms with Gasteiger partial charge in [-0.3, -0.25) is 19.5 Å². The van der Waals surface area contributed by atoms with Crippen molar-refractivity contribution < 1.29 is 9.72 Å². The zero-order valence-electron chi connectivity index (χ0n) is 12.1. The lowest BCUT2D eigenvalue weighted by atomic mass is 10.1. The Morgan fingerprint density at radius 2 is 1.91 bits per heavy atom. The maximum absolute atomic E-state index is 12.6. The highest BCUT2D eigenvalue weighted by atomic mass is 16.6. The Bertz CT molecular complexity index is 912. The fraction of sp³-hybridized carbons (Fsp3) is 0.125. The van der Waals surface area contributed by atoms with E-state index in [9.17, 15) is 14.9 Å². The first kappa shape index (κ1) is 13.9. The van der Waals surface area contributed by atoms with Crippen molar-refractivity contribution >= 4 is 22.6 Å². The van der Waals surface area contributed by atoms with Crippen LogP contribution in [0.25, 0.3) is 11.0 Å². The van der Waals surface area contributed by atoms with Crippen molar-refractivity contribution in [1.29, 1.82) is 0 Å². The highest BCUT2D eigenvalue weighted by Gasteiger charge is 2.16. The summed E-state index contributed by atoms with van der Waals surface area (Å²) in [6.07, 6.45) is 1.45. The Balaban J connectivity index is 2.11. The fourth-order valence-electron chi connectivity index (χ4n) is 2.32. The van der Waals surface area contributed by atoms with Crippen LogP contribution in [0.1, 0.15) is 21.5 Å². The molecule has 0 unspecified atom stereocenters. The molecule has 0 radical (unpaired) electrons. The van der Waals surface area contributed by atoms with E-state index in [1.165, 1.54) is 29.1 Å². The molecule has 0 fully saturated rings. The molecule has 22 heavy (non-hydrogen) atoms. The normalized spacial score (nSPS) is 10.8. The minimum Gasteiger partial charge on any atom is -0.268 e. The second-order valence-electron chi connectivity index (χ2n) is 5.15. The maximum atomic E-state index is 12.6. The molecule has 0 aliphatic carbocycles. The van der Waals surface area contributed by atoms with Crippen LogP contribution in [-0.4, -0.2) is 20.4 Å². The van der Waals surface area contributed by atoms with Crippen LogP contribution in [0.5, 0.6) is 0 Å². The molecule has 0 amide bonds. The van der Waals surface area contributed by atoms with Gasteiger partial charge in [-0.05, 0) is 43.2 Å². The summed E-state index contributed by atoms with van der Waals surface area (Å²) in [6, 6.07) is 9.50. The number of benzene rings is 2. The van der Waals surface area contributed by atoms with Gasteiger partial charge in [0, 0.05) is 17.7 Å². The average Bonchev–Trinajstić information content (AvgIpc) is 2.90. The Kier molecular flexibility index (Phi) is 3.21. The zero-order valence-corrected chi connectivity index (χ0v) is 12.1. The lowest BCUT2D eigenvalue weighted by Gasteiger charge is -2.05. The third-order valence-electron chi connectivity index (χ3n) is 3.69. The van der Waals surface area contributed by atoms with E-state index in [4.69, 9.17) is 0 Å². The van der Waals surface area contributed by atoms with Crippen molar-refractivity contribution in [3.05, 3.63) is 69.5 Å². The summed E-state index contributed by atoms with van der Waals surface area (Å²) in [5.74, 6) is -0.338. The van der Waals surface area contributed by atoms with Gasteiger partial charge >= 0.3 is 0 Å².